The van der Waals surface area contributed by atoms with Gasteiger partial charge in [-0.15, -0.1) is 0 Å². The predicted molar refractivity (Wildman–Crippen MR) is 72.0 cm³/mol. The number of alkyl halides is 1. The van der Waals surface area contributed by atoms with Crippen LogP contribution in [0.25, 0.3) is 6.08 Å². The SMILES string of the molecule is COc1cc(C=C(C)CBr)cc(Cl)c1OC. The summed E-state index contributed by atoms with van der Waals surface area (Å²) >= 11 is 9.49. The van der Waals surface area contributed by atoms with Crippen LogP contribution in [0.2, 0.25) is 5.02 Å². The van der Waals surface area contributed by atoms with E-state index in [-0.39, 0.29) is 0 Å². The molecule has 1 aromatic carbocycles. The van der Waals surface area contributed by atoms with Crippen molar-refractivity contribution in [3.63, 3.8) is 0 Å². The third kappa shape index (κ3) is 3.16. The molecule has 0 aliphatic rings. The molecule has 0 heterocycles. The van der Waals surface area contributed by atoms with Gasteiger partial charge in [0.1, 0.15) is 0 Å². The Bertz CT molecular complexity index is 402. The number of benzene rings is 1. The molecule has 0 spiro atoms. The quantitative estimate of drug-likeness (QED) is 0.778. The molecule has 16 heavy (non-hydrogen) atoms. The van der Waals surface area contributed by atoms with Crippen molar-refractivity contribution in [1.29, 1.82) is 0 Å². The van der Waals surface area contributed by atoms with Crippen LogP contribution in [0, 0.1) is 0 Å². The van der Waals surface area contributed by atoms with E-state index in [4.69, 9.17) is 21.1 Å². The number of hydrogen-bond donors (Lipinski definition) is 0. The molecular weight excluding hydrogens is 291 g/mol. The van der Waals surface area contributed by atoms with Gasteiger partial charge in [0, 0.05) is 5.33 Å². The summed E-state index contributed by atoms with van der Waals surface area (Å²) < 4.78 is 10.4. The molecule has 0 aliphatic carbocycles. The maximum absolute atomic E-state index is 6.09. The van der Waals surface area contributed by atoms with Crippen molar-refractivity contribution < 1.29 is 9.47 Å². The van der Waals surface area contributed by atoms with E-state index in [1.54, 1.807) is 14.2 Å². The van der Waals surface area contributed by atoms with E-state index in [1.807, 2.05) is 25.1 Å². The Labute approximate surface area is 109 Å². The van der Waals surface area contributed by atoms with E-state index in [9.17, 15) is 0 Å². The van der Waals surface area contributed by atoms with Gasteiger partial charge >= 0.3 is 0 Å². The third-order valence-electron chi connectivity index (χ3n) is 2.08. The molecule has 0 unspecified atom stereocenters. The van der Waals surface area contributed by atoms with E-state index in [2.05, 4.69) is 15.9 Å². The Morgan fingerprint density at radius 2 is 2.06 bits per heavy atom. The molecular formula is C12H14BrClO2. The minimum atomic E-state index is 0.551. The van der Waals surface area contributed by atoms with Crippen molar-refractivity contribution in [3.05, 3.63) is 28.3 Å². The summed E-state index contributed by atoms with van der Waals surface area (Å²) in [6.07, 6.45) is 2.04. The minimum Gasteiger partial charge on any atom is -0.493 e. The van der Waals surface area contributed by atoms with Gasteiger partial charge in [0.2, 0.25) is 0 Å². The van der Waals surface area contributed by atoms with E-state index < -0.39 is 0 Å². The summed E-state index contributed by atoms with van der Waals surface area (Å²) in [4.78, 5) is 0. The fourth-order valence-electron chi connectivity index (χ4n) is 1.34. The lowest BCUT2D eigenvalue weighted by atomic mass is 10.1. The summed E-state index contributed by atoms with van der Waals surface area (Å²) in [5.74, 6) is 1.21. The normalized spacial score (nSPS) is 11.4. The molecule has 4 heteroatoms. The maximum Gasteiger partial charge on any atom is 0.179 e. The van der Waals surface area contributed by atoms with Gasteiger partial charge in [0.25, 0.3) is 0 Å². The van der Waals surface area contributed by atoms with Gasteiger partial charge < -0.3 is 9.47 Å². The molecule has 1 aromatic rings. The number of hydrogen-bond acceptors (Lipinski definition) is 2. The molecule has 1 rings (SSSR count). The minimum absolute atomic E-state index is 0.551. The predicted octanol–water partition coefficient (Wildman–Crippen LogP) is 4.16. The molecule has 0 fully saturated rings. The van der Waals surface area contributed by atoms with Gasteiger partial charge in [0.05, 0.1) is 19.2 Å². The van der Waals surface area contributed by atoms with Crippen LogP contribution in [-0.2, 0) is 0 Å². The molecule has 0 N–H and O–H groups in total. The van der Waals surface area contributed by atoms with Crippen molar-refractivity contribution in [1.82, 2.24) is 0 Å². The third-order valence-corrected chi connectivity index (χ3v) is 3.24. The first-order valence-corrected chi connectivity index (χ1v) is 6.27. The smallest absolute Gasteiger partial charge is 0.179 e. The van der Waals surface area contributed by atoms with Gasteiger partial charge in [-0.1, -0.05) is 39.2 Å². The molecule has 0 bridgehead atoms. The van der Waals surface area contributed by atoms with Crippen molar-refractivity contribution in [3.8, 4) is 11.5 Å². The number of rotatable bonds is 4. The first-order valence-electron chi connectivity index (χ1n) is 4.77. The van der Waals surface area contributed by atoms with Crippen molar-refractivity contribution in [2.24, 2.45) is 0 Å². The van der Waals surface area contributed by atoms with Crippen molar-refractivity contribution in [2.75, 3.05) is 19.5 Å². The Hall–Kier alpha value is -0.670. The van der Waals surface area contributed by atoms with Crippen LogP contribution >= 0.6 is 27.5 Å². The molecule has 0 atom stereocenters. The van der Waals surface area contributed by atoms with Crippen molar-refractivity contribution >= 4 is 33.6 Å². The Morgan fingerprint density at radius 1 is 1.38 bits per heavy atom. The Morgan fingerprint density at radius 3 is 2.56 bits per heavy atom. The average molecular weight is 306 g/mol. The zero-order valence-corrected chi connectivity index (χ0v) is 11.9. The van der Waals surface area contributed by atoms with Gasteiger partial charge in [-0.2, -0.15) is 0 Å². The van der Waals surface area contributed by atoms with E-state index >= 15 is 0 Å². The van der Waals surface area contributed by atoms with Gasteiger partial charge in [-0.3, -0.25) is 0 Å². The lowest BCUT2D eigenvalue weighted by molar-refractivity contribution is 0.355. The highest BCUT2D eigenvalue weighted by molar-refractivity contribution is 9.09. The fraction of sp³-hybridized carbons (Fsp3) is 0.333. The first kappa shape index (κ1) is 13.4. The van der Waals surface area contributed by atoms with Crippen LogP contribution < -0.4 is 9.47 Å². The highest BCUT2D eigenvalue weighted by Gasteiger charge is 2.09. The number of allylic oxidation sites excluding steroid dienone is 1. The molecule has 0 radical (unpaired) electrons. The highest BCUT2D eigenvalue weighted by Crippen LogP contribution is 2.36. The fourth-order valence-corrected chi connectivity index (χ4v) is 1.80. The lowest BCUT2D eigenvalue weighted by Gasteiger charge is -2.10. The van der Waals surface area contributed by atoms with Crippen LogP contribution in [0.15, 0.2) is 17.7 Å². The average Bonchev–Trinajstić information content (AvgIpc) is 2.28. The standard InChI is InChI=1S/C12H14BrClO2/c1-8(7-13)4-9-5-10(14)12(16-3)11(6-9)15-2/h4-6H,7H2,1-3H3. The van der Waals surface area contributed by atoms with Gasteiger partial charge in [0.15, 0.2) is 11.5 Å². The maximum atomic E-state index is 6.09. The molecule has 0 amide bonds. The molecule has 88 valence electrons. The second-order valence-electron chi connectivity index (χ2n) is 3.36. The van der Waals surface area contributed by atoms with E-state index in [0.29, 0.717) is 16.5 Å². The van der Waals surface area contributed by atoms with Gasteiger partial charge in [-0.05, 0) is 24.6 Å². The van der Waals surface area contributed by atoms with E-state index in [0.717, 1.165) is 10.9 Å². The second-order valence-corrected chi connectivity index (χ2v) is 4.33. The second kappa shape index (κ2) is 6.16. The zero-order chi connectivity index (χ0) is 12.1. The number of halogens is 2. The zero-order valence-electron chi connectivity index (χ0n) is 9.51. The largest absolute Gasteiger partial charge is 0.493 e. The summed E-state index contributed by atoms with van der Waals surface area (Å²) in [6, 6.07) is 3.76. The van der Waals surface area contributed by atoms with Crippen LogP contribution in [0.1, 0.15) is 12.5 Å². The monoisotopic (exact) mass is 304 g/mol. The van der Waals surface area contributed by atoms with Crippen LogP contribution in [0.4, 0.5) is 0 Å². The first-order chi connectivity index (χ1) is 7.62. The molecule has 0 aromatic heterocycles. The molecule has 0 aliphatic heterocycles. The summed E-state index contributed by atoms with van der Waals surface area (Å²) in [6.45, 7) is 2.04. The number of methoxy groups -OCH3 is 2. The number of ether oxygens (including phenoxy) is 2. The Balaban J connectivity index is 3.20. The van der Waals surface area contributed by atoms with Crippen LogP contribution in [0.3, 0.4) is 0 Å². The summed E-state index contributed by atoms with van der Waals surface area (Å²) in [5.41, 5.74) is 2.21. The lowest BCUT2D eigenvalue weighted by Crippen LogP contribution is -1.92. The van der Waals surface area contributed by atoms with Crippen LogP contribution in [-0.4, -0.2) is 19.5 Å². The highest BCUT2D eigenvalue weighted by atomic mass is 79.9. The summed E-state index contributed by atoms with van der Waals surface area (Å²) in [5, 5.41) is 1.38. The summed E-state index contributed by atoms with van der Waals surface area (Å²) in [7, 11) is 3.17. The Kier molecular flexibility index (Phi) is 5.16. The molecule has 0 saturated heterocycles. The van der Waals surface area contributed by atoms with Crippen molar-refractivity contribution in [2.45, 2.75) is 6.92 Å². The molecule has 2 nitrogen and oxygen atoms in total. The molecule has 0 saturated carbocycles. The van der Waals surface area contributed by atoms with Gasteiger partial charge in [-0.25, -0.2) is 0 Å². The topological polar surface area (TPSA) is 18.5 Å². The van der Waals surface area contributed by atoms with E-state index in [1.165, 1.54) is 5.57 Å². The van der Waals surface area contributed by atoms with Crippen LogP contribution in [0.5, 0.6) is 11.5 Å².